The number of alkyl halides is 1. The van der Waals surface area contributed by atoms with Gasteiger partial charge in [-0.05, 0) is 12.8 Å². The Morgan fingerprint density at radius 1 is 1.39 bits per heavy atom. The predicted molar refractivity (Wildman–Crippen MR) is 124 cm³/mol. The first-order valence-corrected chi connectivity index (χ1v) is 13.6. The first-order valence-electron chi connectivity index (χ1n) is 9.85. The van der Waals surface area contributed by atoms with Gasteiger partial charge < -0.3 is 15.5 Å². The number of nitrogens with zero attached hydrogens (tertiary/aromatic N) is 3. The second-order valence-electron chi connectivity index (χ2n) is 7.19. The van der Waals surface area contributed by atoms with E-state index in [0.29, 0.717) is 4.31 Å². The molecule has 12 nitrogen and oxygen atoms in total. The zero-order valence-electron chi connectivity index (χ0n) is 17.4. The van der Waals surface area contributed by atoms with Crippen LogP contribution in [0.3, 0.4) is 0 Å². The molecule has 2 atom stereocenters. The second-order valence-corrected chi connectivity index (χ2v) is 11.0. The topological polar surface area (TPSA) is 167 Å². The minimum Gasteiger partial charge on any atom is -0.398 e. The molecule has 3 rings (SSSR count). The maximum Gasteiger partial charge on any atom is 0.363 e. The highest BCUT2D eigenvalue weighted by molar-refractivity contribution is 8.01. The third-order valence-corrected chi connectivity index (χ3v) is 8.59. The van der Waals surface area contributed by atoms with Gasteiger partial charge in [-0.15, -0.1) is 34.7 Å². The molecule has 1 saturated carbocycles. The number of aromatic nitrogens is 1. The van der Waals surface area contributed by atoms with Crippen molar-refractivity contribution in [1.29, 1.82) is 0 Å². The number of anilines is 1. The average Bonchev–Trinajstić information content (AvgIpc) is 3.22. The summed E-state index contributed by atoms with van der Waals surface area (Å²) in [5.74, 6) is -2.55. The molecule has 182 valence electrons. The van der Waals surface area contributed by atoms with Crippen molar-refractivity contribution in [3.05, 3.63) is 11.1 Å². The van der Waals surface area contributed by atoms with E-state index >= 15 is 0 Å². The number of nitrogens with one attached hydrogen (secondary N) is 2. The average molecular weight is 540 g/mol. The number of hydrogen-bond donors (Lipinski definition) is 3. The van der Waals surface area contributed by atoms with Gasteiger partial charge in [-0.1, -0.05) is 24.4 Å². The van der Waals surface area contributed by atoms with Crippen LogP contribution in [-0.4, -0.2) is 75.3 Å². The number of carbonyl (C=O) groups excluding carboxylic acids is 3. The number of thiazole rings is 1. The number of hydrogen-bond acceptors (Lipinski definition) is 10. The van der Waals surface area contributed by atoms with Crippen molar-refractivity contribution in [2.75, 3.05) is 18.3 Å². The second kappa shape index (κ2) is 11.0. The number of rotatable bonds is 9. The van der Waals surface area contributed by atoms with Gasteiger partial charge in [0.05, 0.1) is 0 Å². The standard InChI is InChI=1S/C17H22ClN5O7S3/c1-30-22-12(10-8-31-17(19-10)20-11(24)7-18)14(25)21-13-15(26)23(33(27,28)29)16(13)32-9-5-3-2-4-6-9/h8-9,13,16H,2-7H2,1H3,(H,21,25)(H,19,20,24)(H,27,28,29)/t13-,16-/m1/s1. The van der Waals surface area contributed by atoms with E-state index in [1.807, 2.05) is 0 Å². The summed E-state index contributed by atoms with van der Waals surface area (Å²) in [6, 6.07) is -1.19. The molecule has 1 saturated heterocycles. The van der Waals surface area contributed by atoms with Gasteiger partial charge in [0.1, 0.15) is 30.1 Å². The van der Waals surface area contributed by atoms with Crippen LogP contribution < -0.4 is 10.6 Å². The molecule has 2 fully saturated rings. The summed E-state index contributed by atoms with van der Waals surface area (Å²) in [5, 5.41) is 9.31. The Bertz CT molecular complexity index is 1040. The highest BCUT2D eigenvalue weighted by Crippen LogP contribution is 2.39. The lowest BCUT2D eigenvalue weighted by Gasteiger charge is -2.45. The van der Waals surface area contributed by atoms with Gasteiger partial charge in [0.25, 0.3) is 11.8 Å². The summed E-state index contributed by atoms with van der Waals surface area (Å²) in [5.41, 5.74) is -0.209. The van der Waals surface area contributed by atoms with Crippen LogP contribution in [-0.2, 0) is 29.5 Å². The number of halogens is 1. The van der Waals surface area contributed by atoms with Gasteiger partial charge >= 0.3 is 10.3 Å². The fourth-order valence-corrected chi connectivity index (χ4v) is 6.98. The van der Waals surface area contributed by atoms with Crippen molar-refractivity contribution in [1.82, 2.24) is 14.6 Å². The van der Waals surface area contributed by atoms with Crippen LogP contribution in [0.5, 0.6) is 0 Å². The summed E-state index contributed by atoms with van der Waals surface area (Å²) in [4.78, 5) is 45.6. The molecule has 1 aliphatic heterocycles. The quantitative estimate of drug-likeness (QED) is 0.137. The van der Waals surface area contributed by atoms with Gasteiger partial charge in [0, 0.05) is 10.6 Å². The van der Waals surface area contributed by atoms with Gasteiger partial charge in [0.2, 0.25) is 5.91 Å². The van der Waals surface area contributed by atoms with E-state index in [1.165, 1.54) is 24.3 Å². The van der Waals surface area contributed by atoms with Gasteiger partial charge in [-0.3, -0.25) is 18.9 Å². The van der Waals surface area contributed by atoms with Crippen LogP contribution in [0.15, 0.2) is 10.5 Å². The van der Waals surface area contributed by atoms with Crippen LogP contribution >= 0.6 is 34.7 Å². The lowest BCUT2D eigenvalue weighted by molar-refractivity contribution is -0.141. The molecule has 0 bridgehead atoms. The largest absolute Gasteiger partial charge is 0.398 e. The van der Waals surface area contributed by atoms with E-state index in [0.717, 1.165) is 43.4 Å². The number of amides is 3. The van der Waals surface area contributed by atoms with Crippen molar-refractivity contribution < 1.29 is 32.2 Å². The molecule has 2 aliphatic rings. The maximum absolute atomic E-state index is 12.9. The van der Waals surface area contributed by atoms with Gasteiger partial charge in [-0.2, -0.15) is 12.7 Å². The Morgan fingerprint density at radius 3 is 2.70 bits per heavy atom. The van der Waals surface area contributed by atoms with Crippen molar-refractivity contribution in [3.63, 3.8) is 0 Å². The molecule has 3 N–H and O–H groups in total. The molecule has 1 aliphatic carbocycles. The fraction of sp³-hybridized carbons (Fsp3) is 0.588. The summed E-state index contributed by atoms with van der Waals surface area (Å²) in [6.07, 6.45) is 4.75. The molecule has 0 radical (unpaired) electrons. The Labute approximate surface area is 203 Å². The molecule has 3 amide bonds. The molecule has 1 aromatic heterocycles. The Balaban J connectivity index is 1.76. The number of oxime groups is 1. The molecular weight excluding hydrogens is 518 g/mol. The number of thioether (sulfide) groups is 1. The molecule has 0 aromatic carbocycles. The first kappa shape index (κ1) is 25.7. The summed E-state index contributed by atoms with van der Waals surface area (Å²) < 4.78 is 33.3. The Kier molecular flexibility index (Phi) is 8.55. The third kappa shape index (κ3) is 6.15. The van der Waals surface area contributed by atoms with Crippen LogP contribution in [0, 0.1) is 0 Å². The highest BCUT2D eigenvalue weighted by Gasteiger charge is 2.55. The zero-order valence-corrected chi connectivity index (χ0v) is 20.6. The first-order chi connectivity index (χ1) is 15.7. The Morgan fingerprint density at radius 2 is 2.09 bits per heavy atom. The Hall–Kier alpha value is -1.94. The smallest absolute Gasteiger partial charge is 0.363 e. The number of carbonyl (C=O) groups is 3. The van der Waals surface area contributed by atoms with E-state index in [4.69, 9.17) is 16.4 Å². The molecule has 0 spiro atoms. The minimum atomic E-state index is -4.78. The van der Waals surface area contributed by atoms with Crippen LogP contribution in [0.4, 0.5) is 5.13 Å². The lowest BCUT2D eigenvalue weighted by atomic mass is 10.0. The molecule has 0 unspecified atom stereocenters. The van der Waals surface area contributed by atoms with Gasteiger partial charge in [-0.25, -0.2) is 4.98 Å². The summed E-state index contributed by atoms with van der Waals surface area (Å²) in [6.45, 7) is 0. The van der Waals surface area contributed by atoms with E-state index in [9.17, 15) is 27.4 Å². The minimum absolute atomic E-state index is 0.0686. The molecule has 33 heavy (non-hydrogen) atoms. The number of β-lactam (4-membered cyclic amide) rings is 1. The predicted octanol–water partition coefficient (Wildman–Crippen LogP) is 1.19. The van der Waals surface area contributed by atoms with E-state index in [-0.39, 0.29) is 27.7 Å². The monoisotopic (exact) mass is 539 g/mol. The van der Waals surface area contributed by atoms with Crippen molar-refractivity contribution >= 4 is 73.6 Å². The maximum atomic E-state index is 12.9. The normalized spacial score (nSPS) is 22.0. The van der Waals surface area contributed by atoms with E-state index < -0.39 is 39.4 Å². The van der Waals surface area contributed by atoms with Crippen molar-refractivity contribution in [2.24, 2.45) is 5.16 Å². The van der Waals surface area contributed by atoms with Gasteiger partial charge in [0.15, 0.2) is 10.8 Å². The third-order valence-electron chi connectivity index (χ3n) is 4.93. The van der Waals surface area contributed by atoms with Crippen LogP contribution in [0.1, 0.15) is 37.8 Å². The highest BCUT2D eigenvalue weighted by atomic mass is 35.5. The fourth-order valence-electron chi connectivity index (χ4n) is 3.45. The summed E-state index contributed by atoms with van der Waals surface area (Å²) in [7, 11) is -3.57. The van der Waals surface area contributed by atoms with Crippen LogP contribution in [0.2, 0.25) is 0 Å². The lowest BCUT2D eigenvalue weighted by Crippen LogP contribution is -2.71. The van der Waals surface area contributed by atoms with E-state index in [1.54, 1.807) is 0 Å². The molecule has 1 aromatic rings. The van der Waals surface area contributed by atoms with Crippen molar-refractivity contribution in [2.45, 2.75) is 48.8 Å². The van der Waals surface area contributed by atoms with E-state index in [2.05, 4.69) is 20.8 Å². The summed E-state index contributed by atoms with van der Waals surface area (Å²) >= 11 is 7.71. The van der Waals surface area contributed by atoms with Crippen molar-refractivity contribution in [3.8, 4) is 0 Å². The SMILES string of the molecule is CON=C(C(=O)N[C@@H]1C(=O)N(S(=O)(=O)O)[C@@H]1SC1CCCCC1)c1csc(NC(=O)CCl)n1. The van der Waals surface area contributed by atoms with Crippen LogP contribution in [0.25, 0.3) is 0 Å². The zero-order chi connectivity index (χ0) is 24.2. The molecule has 2 heterocycles. The molecular formula is C17H22ClN5O7S3. The molecule has 16 heteroatoms.